The minimum atomic E-state index is -0.00385. The van der Waals surface area contributed by atoms with Crippen LogP contribution in [0.3, 0.4) is 0 Å². The first kappa shape index (κ1) is 27.2. The molecule has 0 spiro atoms. The van der Waals surface area contributed by atoms with E-state index in [1.165, 1.54) is 55.9 Å². The molecule has 0 unspecified atom stereocenters. The average Bonchev–Trinajstić information content (AvgIpc) is 3.75. The Kier molecular flexibility index (Phi) is 6.28. The number of H-pyrrole nitrogens is 3. The second kappa shape index (κ2) is 9.95. The largest absolute Gasteiger partial charge is 0.361 e. The van der Waals surface area contributed by atoms with Crippen LogP contribution in [0, 0.1) is 33.1 Å². The fraction of sp³-hybridized carbons (Fsp3) is 0.231. The van der Waals surface area contributed by atoms with Crippen LogP contribution in [0.25, 0.3) is 22.8 Å². The molecule has 216 valence electrons. The molecule has 0 amide bonds. The maximum atomic E-state index is 3.87. The third-order valence-corrected chi connectivity index (χ3v) is 9.22. The molecular weight excluding hydrogens is 524 g/mol. The molecule has 2 aliphatic rings. The van der Waals surface area contributed by atoms with E-state index in [1.807, 2.05) is 0 Å². The van der Waals surface area contributed by atoms with Gasteiger partial charge in [0.25, 0.3) is 0 Å². The summed E-state index contributed by atoms with van der Waals surface area (Å²) in [4.78, 5) is 11.5. The minimum Gasteiger partial charge on any atom is -0.361 e. The number of hydrogen-bond acceptors (Lipinski definition) is 1. The van der Waals surface area contributed by atoms with E-state index in [0.717, 1.165) is 45.5 Å². The molecular formula is C39H40N4. The second-order valence-electron chi connectivity index (χ2n) is 13.1. The number of hydrogen-bond donors (Lipinski definition) is 4. The van der Waals surface area contributed by atoms with Crippen molar-refractivity contribution < 1.29 is 0 Å². The van der Waals surface area contributed by atoms with Gasteiger partial charge in [-0.15, -0.1) is 0 Å². The number of allylic oxidation sites excluding steroid dienone is 3. The molecule has 0 aliphatic carbocycles. The zero-order valence-corrected chi connectivity index (χ0v) is 26.2. The van der Waals surface area contributed by atoms with Gasteiger partial charge in [0.2, 0.25) is 0 Å². The summed E-state index contributed by atoms with van der Waals surface area (Å²) in [5.74, 6) is 0. The van der Waals surface area contributed by atoms with Gasteiger partial charge in [-0.3, -0.25) is 0 Å². The van der Waals surface area contributed by atoms with Crippen molar-refractivity contribution in [3.63, 3.8) is 0 Å². The summed E-state index contributed by atoms with van der Waals surface area (Å²) in [6, 6.07) is 26.7. The number of aromatic amines is 3. The molecule has 4 N–H and O–H groups in total. The number of rotatable bonds is 2. The quantitative estimate of drug-likeness (QED) is 0.176. The monoisotopic (exact) mass is 564 g/mol. The molecule has 7 rings (SSSR count). The summed E-state index contributed by atoms with van der Waals surface area (Å²) in [7, 11) is 0. The smallest absolute Gasteiger partial charge is 0.0486 e. The van der Waals surface area contributed by atoms with Gasteiger partial charge in [0.1, 0.15) is 0 Å². The van der Waals surface area contributed by atoms with Crippen molar-refractivity contribution in [2.45, 2.75) is 54.9 Å². The van der Waals surface area contributed by atoms with Crippen molar-refractivity contribution in [3.8, 4) is 0 Å². The minimum absolute atomic E-state index is 0.00385. The Morgan fingerprint density at radius 3 is 1.95 bits per heavy atom. The van der Waals surface area contributed by atoms with Gasteiger partial charge in [-0.25, -0.2) is 0 Å². The number of aromatic nitrogens is 3. The van der Waals surface area contributed by atoms with Crippen LogP contribution in [0.2, 0.25) is 0 Å². The lowest BCUT2D eigenvalue weighted by molar-refractivity contribution is 0.481. The first-order chi connectivity index (χ1) is 20.6. The predicted molar refractivity (Wildman–Crippen MR) is 179 cm³/mol. The molecule has 0 radical (unpaired) electrons. The maximum absolute atomic E-state index is 3.87. The molecule has 5 heterocycles. The first-order valence-corrected chi connectivity index (χ1v) is 15.2. The highest BCUT2D eigenvalue weighted by molar-refractivity contribution is 5.83. The van der Waals surface area contributed by atoms with Gasteiger partial charge in [0.15, 0.2) is 0 Å². The van der Waals surface area contributed by atoms with Gasteiger partial charge >= 0.3 is 0 Å². The molecule has 1 fully saturated rings. The van der Waals surface area contributed by atoms with Gasteiger partial charge in [-0.1, -0.05) is 61.4 Å². The van der Waals surface area contributed by atoms with Crippen LogP contribution >= 0.6 is 0 Å². The number of nitrogens with one attached hydrogen (secondary N) is 4. The lowest BCUT2D eigenvalue weighted by Gasteiger charge is -2.17. The van der Waals surface area contributed by atoms with E-state index < -0.39 is 0 Å². The number of benzene rings is 2. The standard InChI is InChI=1S/C39H40N4/c1-22-8-10-27(11-9-22)37-30-13-12-28(40-30)20-35-39(6,7)21-34(43-35)26(5)29-14-15-32(41-29)38(33-17-16-31(37)42-33)36-24(3)18-23(2)19-25(36)4/h8-20,40-43H,21H2,1-7H3. The van der Waals surface area contributed by atoms with Gasteiger partial charge in [0, 0.05) is 61.4 Å². The van der Waals surface area contributed by atoms with Gasteiger partial charge < -0.3 is 20.3 Å². The highest BCUT2D eigenvalue weighted by Gasteiger charge is 2.33. The van der Waals surface area contributed by atoms with Crippen LogP contribution in [0.15, 0.2) is 84.2 Å². The SMILES string of the molecule is CC1=C2CC(C)(C)C(=Cc3ccc([nH]3)C(c3ccc(C)cc3)=c3ccc([nH]3)=C(c3c(C)cc(C)cc3C)c3ccc1[nH]3)N2. The molecule has 5 aromatic rings. The summed E-state index contributed by atoms with van der Waals surface area (Å²) in [5.41, 5.74) is 18.0. The van der Waals surface area contributed by atoms with Crippen LogP contribution < -0.4 is 16.0 Å². The maximum Gasteiger partial charge on any atom is 0.0486 e. The van der Waals surface area contributed by atoms with E-state index in [-0.39, 0.29) is 5.41 Å². The van der Waals surface area contributed by atoms with Crippen molar-refractivity contribution in [1.82, 2.24) is 20.3 Å². The summed E-state index contributed by atoms with van der Waals surface area (Å²) in [6.45, 7) is 15.6. The molecule has 3 aromatic heterocycles. The van der Waals surface area contributed by atoms with Crippen molar-refractivity contribution >= 4 is 22.8 Å². The highest BCUT2D eigenvalue weighted by atomic mass is 15.0. The lowest BCUT2D eigenvalue weighted by atomic mass is 9.87. The van der Waals surface area contributed by atoms with Crippen molar-refractivity contribution in [1.29, 1.82) is 0 Å². The Balaban J connectivity index is 1.61. The second-order valence-corrected chi connectivity index (χ2v) is 13.1. The fourth-order valence-corrected chi connectivity index (χ4v) is 6.94. The molecule has 1 saturated heterocycles. The first-order valence-electron chi connectivity index (χ1n) is 15.2. The van der Waals surface area contributed by atoms with Crippen molar-refractivity contribution in [2.75, 3.05) is 0 Å². The van der Waals surface area contributed by atoms with Crippen molar-refractivity contribution in [2.24, 2.45) is 5.41 Å². The van der Waals surface area contributed by atoms with Gasteiger partial charge in [-0.2, -0.15) is 0 Å². The van der Waals surface area contributed by atoms with Crippen LogP contribution in [-0.2, 0) is 0 Å². The fourth-order valence-electron chi connectivity index (χ4n) is 6.94. The zero-order valence-electron chi connectivity index (χ0n) is 26.2. The summed E-state index contributed by atoms with van der Waals surface area (Å²) >= 11 is 0. The molecule has 0 atom stereocenters. The molecule has 2 aromatic carbocycles. The molecule has 4 heteroatoms. The van der Waals surface area contributed by atoms with Crippen LogP contribution in [0.1, 0.15) is 83.3 Å². The van der Waals surface area contributed by atoms with E-state index in [2.05, 4.69) is 148 Å². The third-order valence-electron chi connectivity index (χ3n) is 9.22. The third kappa shape index (κ3) is 4.71. The Morgan fingerprint density at radius 2 is 1.23 bits per heavy atom. The van der Waals surface area contributed by atoms with E-state index in [9.17, 15) is 0 Å². The molecule has 4 nitrogen and oxygen atoms in total. The average molecular weight is 565 g/mol. The molecule has 43 heavy (non-hydrogen) atoms. The van der Waals surface area contributed by atoms with Crippen LogP contribution in [0.4, 0.5) is 0 Å². The highest BCUT2D eigenvalue weighted by Crippen LogP contribution is 2.42. The predicted octanol–water partition coefficient (Wildman–Crippen LogP) is 7.50. The normalized spacial score (nSPS) is 16.0. The number of fused-ring (bicyclic) bond motifs is 8. The van der Waals surface area contributed by atoms with Crippen LogP contribution in [0.5, 0.6) is 0 Å². The Hall–Kier alpha value is -4.70. The molecule has 0 saturated carbocycles. The zero-order chi connectivity index (χ0) is 30.0. The summed E-state index contributed by atoms with van der Waals surface area (Å²) < 4.78 is 0. The Bertz CT molecular complexity index is 2060. The van der Waals surface area contributed by atoms with E-state index >= 15 is 0 Å². The van der Waals surface area contributed by atoms with Crippen molar-refractivity contribution in [3.05, 3.63) is 151 Å². The van der Waals surface area contributed by atoms with Gasteiger partial charge in [-0.05, 0) is 111 Å². The Morgan fingerprint density at radius 1 is 0.605 bits per heavy atom. The number of aryl methyl sites for hydroxylation is 4. The molecule has 2 aliphatic heterocycles. The summed E-state index contributed by atoms with van der Waals surface area (Å²) in [5, 5.41) is 5.98. The van der Waals surface area contributed by atoms with E-state index in [0.29, 0.717) is 0 Å². The topological polar surface area (TPSA) is 59.4 Å². The Labute approximate surface area is 254 Å². The van der Waals surface area contributed by atoms with E-state index in [4.69, 9.17) is 0 Å². The molecule has 8 bridgehead atoms. The van der Waals surface area contributed by atoms with Gasteiger partial charge in [0.05, 0.1) is 0 Å². The van der Waals surface area contributed by atoms with E-state index in [1.54, 1.807) is 0 Å². The van der Waals surface area contributed by atoms with Crippen LogP contribution in [-0.4, -0.2) is 15.0 Å². The lowest BCUT2D eigenvalue weighted by Crippen LogP contribution is -2.18. The summed E-state index contributed by atoms with van der Waals surface area (Å²) in [6.07, 6.45) is 3.23.